The Morgan fingerprint density at radius 2 is 2.22 bits per heavy atom. The number of ether oxygens (including phenoxy) is 1. The Labute approximate surface area is 102 Å². The summed E-state index contributed by atoms with van der Waals surface area (Å²) in [5.41, 5.74) is 0.411. The molecular formula is C11H13F3N2O2. The Morgan fingerprint density at radius 1 is 1.50 bits per heavy atom. The van der Waals surface area contributed by atoms with Gasteiger partial charge in [-0.2, -0.15) is 13.2 Å². The molecule has 0 aliphatic rings. The van der Waals surface area contributed by atoms with Gasteiger partial charge < -0.3 is 10.1 Å². The van der Waals surface area contributed by atoms with Crippen LogP contribution in [0.4, 0.5) is 18.9 Å². The van der Waals surface area contributed by atoms with Gasteiger partial charge in [0, 0.05) is 18.9 Å². The van der Waals surface area contributed by atoms with E-state index in [2.05, 4.69) is 10.3 Å². The van der Waals surface area contributed by atoms with Crippen LogP contribution in [0.2, 0.25) is 0 Å². The smallest absolute Gasteiger partial charge is 0.390 e. The highest BCUT2D eigenvalue weighted by atomic mass is 19.4. The van der Waals surface area contributed by atoms with Gasteiger partial charge in [0.25, 0.3) is 0 Å². The second-order valence-electron chi connectivity index (χ2n) is 3.43. The molecule has 0 aliphatic heterocycles. The van der Waals surface area contributed by atoms with Gasteiger partial charge in [0.2, 0.25) is 0 Å². The first-order valence-corrected chi connectivity index (χ1v) is 5.36. The van der Waals surface area contributed by atoms with Crippen molar-refractivity contribution in [3.63, 3.8) is 0 Å². The number of nitrogens with one attached hydrogen (secondary N) is 1. The molecule has 0 radical (unpaired) electrons. The second-order valence-corrected chi connectivity index (χ2v) is 3.43. The number of aromatic nitrogens is 1. The molecule has 1 N–H and O–H groups in total. The summed E-state index contributed by atoms with van der Waals surface area (Å²) in [6, 6.07) is 1.43. The van der Waals surface area contributed by atoms with Crippen LogP contribution in [0, 0.1) is 0 Å². The molecule has 0 aromatic carbocycles. The van der Waals surface area contributed by atoms with Gasteiger partial charge in [0.15, 0.2) is 0 Å². The molecule has 0 unspecified atom stereocenters. The Morgan fingerprint density at radius 3 is 2.83 bits per heavy atom. The summed E-state index contributed by atoms with van der Waals surface area (Å²) in [7, 11) is 0. The number of carbonyl (C=O) groups is 1. The largest absolute Gasteiger partial charge is 0.462 e. The van der Waals surface area contributed by atoms with Crippen LogP contribution in [0.3, 0.4) is 0 Å². The number of nitrogens with zero attached hydrogens (tertiary/aromatic N) is 1. The average molecular weight is 262 g/mol. The van der Waals surface area contributed by atoms with E-state index in [4.69, 9.17) is 4.74 Å². The van der Waals surface area contributed by atoms with Crippen LogP contribution in [-0.2, 0) is 4.74 Å². The van der Waals surface area contributed by atoms with E-state index in [1.165, 1.54) is 18.5 Å². The lowest BCUT2D eigenvalue weighted by atomic mass is 10.2. The third kappa shape index (κ3) is 4.60. The van der Waals surface area contributed by atoms with Gasteiger partial charge >= 0.3 is 12.1 Å². The molecule has 1 aromatic heterocycles. The molecular weight excluding hydrogens is 249 g/mol. The minimum Gasteiger partial charge on any atom is -0.462 e. The first-order valence-electron chi connectivity index (χ1n) is 5.36. The third-order valence-corrected chi connectivity index (χ3v) is 2.04. The molecule has 0 aliphatic carbocycles. The van der Waals surface area contributed by atoms with Crippen molar-refractivity contribution in [2.75, 3.05) is 18.5 Å². The van der Waals surface area contributed by atoms with Crippen LogP contribution >= 0.6 is 0 Å². The normalized spacial score (nSPS) is 11.1. The molecule has 1 aromatic rings. The quantitative estimate of drug-likeness (QED) is 0.829. The Hall–Kier alpha value is -1.79. The predicted molar refractivity (Wildman–Crippen MR) is 59.4 cm³/mol. The fourth-order valence-electron chi connectivity index (χ4n) is 1.26. The highest BCUT2D eigenvalue weighted by Gasteiger charge is 2.26. The van der Waals surface area contributed by atoms with E-state index in [0.717, 1.165) is 0 Å². The summed E-state index contributed by atoms with van der Waals surface area (Å²) in [5, 5.41) is 2.55. The fraction of sp³-hybridized carbons (Fsp3) is 0.455. The minimum atomic E-state index is -4.23. The van der Waals surface area contributed by atoms with E-state index < -0.39 is 18.6 Å². The number of rotatable bonds is 5. The van der Waals surface area contributed by atoms with Gasteiger partial charge in [-0.1, -0.05) is 0 Å². The van der Waals surface area contributed by atoms with Gasteiger partial charge in [-0.3, -0.25) is 4.98 Å². The predicted octanol–water partition coefficient (Wildman–Crippen LogP) is 2.62. The summed E-state index contributed by atoms with van der Waals surface area (Å²) >= 11 is 0. The van der Waals surface area contributed by atoms with Crippen molar-refractivity contribution < 1.29 is 22.7 Å². The van der Waals surface area contributed by atoms with Crippen molar-refractivity contribution in [1.29, 1.82) is 0 Å². The number of esters is 1. The van der Waals surface area contributed by atoms with Crippen molar-refractivity contribution in [3.05, 3.63) is 24.0 Å². The minimum absolute atomic E-state index is 0.126. The number of anilines is 1. The lowest BCUT2D eigenvalue weighted by Crippen LogP contribution is -2.16. The second kappa shape index (κ2) is 6.23. The standard InChI is InChI=1S/C11H13F3N2O2/c1-2-18-10(17)8-7-15-5-3-9(8)16-6-4-11(12,13)14/h3,5,7H,2,4,6H2,1H3,(H,15,16). The van der Waals surface area contributed by atoms with Crippen LogP contribution in [-0.4, -0.2) is 30.3 Å². The van der Waals surface area contributed by atoms with E-state index in [0.29, 0.717) is 0 Å². The first-order chi connectivity index (χ1) is 8.44. The van der Waals surface area contributed by atoms with Gasteiger partial charge in [-0.05, 0) is 13.0 Å². The third-order valence-electron chi connectivity index (χ3n) is 2.04. The van der Waals surface area contributed by atoms with E-state index in [-0.39, 0.29) is 24.4 Å². The summed E-state index contributed by atoms with van der Waals surface area (Å²) in [4.78, 5) is 15.2. The van der Waals surface area contributed by atoms with E-state index >= 15 is 0 Å². The van der Waals surface area contributed by atoms with Gasteiger partial charge in [0.1, 0.15) is 5.56 Å². The molecule has 0 bridgehead atoms. The maximum absolute atomic E-state index is 12.0. The lowest BCUT2D eigenvalue weighted by Gasteiger charge is -2.11. The van der Waals surface area contributed by atoms with Crippen molar-refractivity contribution in [2.24, 2.45) is 0 Å². The van der Waals surface area contributed by atoms with Crippen molar-refractivity contribution in [1.82, 2.24) is 4.98 Å². The molecule has 18 heavy (non-hydrogen) atoms. The first kappa shape index (κ1) is 14.3. The van der Waals surface area contributed by atoms with Crippen LogP contribution in [0.15, 0.2) is 18.5 Å². The Balaban J connectivity index is 2.68. The van der Waals surface area contributed by atoms with Gasteiger partial charge in [0.05, 0.1) is 18.7 Å². The number of carbonyl (C=O) groups excluding carboxylic acids is 1. The number of hydrogen-bond acceptors (Lipinski definition) is 4. The maximum Gasteiger partial charge on any atom is 0.390 e. The molecule has 1 heterocycles. The Bertz CT molecular complexity index is 408. The summed E-state index contributed by atoms with van der Waals surface area (Å²) in [5.74, 6) is -0.611. The zero-order valence-corrected chi connectivity index (χ0v) is 9.75. The number of halogens is 3. The molecule has 0 saturated heterocycles. The SMILES string of the molecule is CCOC(=O)c1cnccc1NCCC(F)(F)F. The van der Waals surface area contributed by atoms with Crippen molar-refractivity contribution >= 4 is 11.7 Å². The van der Waals surface area contributed by atoms with Gasteiger partial charge in [-0.25, -0.2) is 4.79 Å². The summed E-state index contributed by atoms with van der Waals surface area (Å²) < 4.78 is 40.8. The summed E-state index contributed by atoms with van der Waals surface area (Å²) in [6.45, 7) is 1.53. The Kier molecular flexibility index (Phi) is 4.94. The molecule has 0 amide bonds. The fourth-order valence-corrected chi connectivity index (χ4v) is 1.26. The average Bonchev–Trinajstić information content (AvgIpc) is 2.28. The van der Waals surface area contributed by atoms with Crippen LogP contribution < -0.4 is 5.32 Å². The zero-order chi connectivity index (χ0) is 13.6. The van der Waals surface area contributed by atoms with Crippen molar-refractivity contribution in [2.45, 2.75) is 19.5 Å². The number of alkyl halides is 3. The van der Waals surface area contributed by atoms with Crippen LogP contribution in [0.25, 0.3) is 0 Å². The maximum atomic E-state index is 12.0. The molecule has 100 valence electrons. The molecule has 4 nitrogen and oxygen atoms in total. The number of hydrogen-bond donors (Lipinski definition) is 1. The van der Waals surface area contributed by atoms with E-state index in [9.17, 15) is 18.0 Å². The molecule has 0 atom stereocenters. The number of pyridine rings is 1. The molecule has 7 heteroatoms. The highest BCUT2D eigenvalue weighted by Crippen LogP contribution is 2.20. The topological polar surface area (TPSA) is 51.2 Å². The van der Waals surface area contributed by atoms with E-state index in [1.54, 1.807) is 6.92 Å². The monoisotopic (exact) mass is 262 g/mol. The molecule has 0 fully saturated rings. The molecule has 0 saturated carbocycles. The summed E-state index contributed by atoms with van der Waals surface area (Å²) in [6.07, 6.45) is -2.56. The zero-order valence-electron chi connectivity index (χ0n) is 9.75. The lowest BCUT2D eigenvalue weighted by molar-refractivity contribution is -0.131. The van der Waals surface area contributed by atoms with Gasteiger partial charge in [-0.15, -0.1) is 0 Å². The molecule has 0 spiro atoms. The van der Waals surface area contributed by atoms with E-state index in [1.807, 2.05) is 0 Å². The van der Waals surface area contributed by atoms with Crippen molar-refractivity contribution in [3.8, 4) is 0 Å². The molecule has 1 rings (SSSR count). The van der Waals surface area contributed by atoms with Crippen LogP contribution in [0.5, 0.6) is 0 Å². The highest BCUT2D eigenvalue weighted by molar-refractivity contribution is 5.95. The van der Waals surface area contributed by atoms with Crippen LogP contribution in [0.1, 0.15) is 23.7 Å².